The van der Waals surface area contributed by atoms with Gasteiger partial charge in [0.15, 0.2) is 0 Å². The second-order valence-electron chi connectivity index (χ2n) is 5.57. The van der Waals surface area contributed by atoms with Gasteiger partial charge in [0.2, 0.25) is 15.9 Å². The number of aliphatic hydroxyl groups excluding tert-OH is 1. The van der Waals surface area contributed by atoms with Crippen LogP contribution in [0.3, 0.4) is 0 Å². The molecule has 1 saturated carbocycles. The van der Waals surface area contributed by atoms with E-state index in [-0.39, 0.29) is 18.2 Å². The number of nitrogens with zero attached hydrogens (tertiary/aromatic N) is 1. The molecule has 0 spiro atoms. The van der Waals surface area contributed by atoms with Gasteiger partial charge in [0, 0.05) is 25.2 Å². The zero-order valence-corrected chi connectivity index (χ0v) is 12.5. The largest absolute Gasteiger partial charge is 0.392 e. The summed E-state index contributed by atoms with van der Waals surface area (Å²) in [5.74, 6) is -0.994. The molecule has 3 atom stereocenters. The lowest BCUT2D eigenvalue weighted by molar-refractivity contribution is -0.119. The number of rotatable bonds is 5. The number of amides is 1. The topological polar surface area (TPSA) is 98.7 Å². The SMILES string of the molecule is CNS(=O)(=O)CC(=O)N[C@@H]1CCC[C@@H]1N1CCC(O)C1. The summed E-state index contributed by atoms with van der Waals surface area (Å²) in [6.07, 6.45) is 3.35. The third-order valence-electron chi connectivity index (χ3n) is 4.12. The smallest absolute Gasteiger partial charge is 0.236 e. The first kappa shape index (κ1) is 15.7. The molecular formula is C12H23N3O4S. The number of likely N-dealkylation sites (tertiary alicyclic amines) is 1. The Hall–Kier alpha value is -0.700. The van der Waals surface area contributed by atoms with E-state index in [4.69, 9.17) is 0 Å². The lowest BCUT2D eigenvalue weighted by atomic mass is 10.1. The molecule has 0 radical (unpaired) electrons. The fraction of sp³-hybridized carbons (Fsp3) is 0.917. The molecule has 0 aromatic carbocycles. The van der Waals surface area contributed by atoms with Gasteiger partial charge < -0.3 is 10.4 Å². The van der Waals surface area contributed by atoms with Crippen LogP contribution in [0.25, 0.3) is 0 Å². The van der Waals surface area contributed by atoms with Crippen LogP contribution in [0.2, 0.25) is 0 Å². The van der Waals surface area contributed by atoms with E-state index < -0.39 is 21.7 Å². The van der Waals surface area contributed by atoms with Crippen LogP contribution in [-0.2, 0) is 14.8 Å². The summed E-state index contributed by atoms with van der Waals surface area (Å²) < 4.78 is 24.8. The molecule has 1 amide bonds. The fourth-order valence-electron chi connectivity index (χ4n) is 3.11. The molecule has 1 unspecified atom stereocenters. The summed E-state index contributed by atoms with van der Waals surface area (Å²) in [6.45, 7) is 1.48. The van der Waals surface area contributed by atoms with E-state index in [0.29, 0.717) is 6.54 Å². The van der Waals surface area contributed by atoms with Crippen molar-refractivity contribution in [3.63, 3.8) is 0 Å². The maximum Gasteiger partial charge on any atom is 0.236 e. The van der Waals surface area contributed by atoms with Crippen LogP contribution in [0.5, 0.6) is 0 Å². The maximum absolute atomic E-state index is 11.8. The second kappa shape index (κ2) is 6.38. The highest BCUT2D eigenvalue weighted by Crippen LogP contribution is 2.27. The van der Waals surface area contributed by atoms with E-state index in [9.17, 15) is 18.3 Å². The highest BCUT2D eigenvalue weighted by Gasteiger charge is 2.36. The molecule has 1 aliphatic heterocycles. The molecule has 3 N–H and O–H groups in total. The molecule has 0 aromatic heterocycles. The van der Waals surface area contributed by atoms with Crippen molar-refractivity contribution in [3.8, 4) is 0 Å². The number of sulfonamides is 1. The van der Waals surface area contributed by atoms with Crippen LogP contribution >= 0.6 is 0 Å². The third kappa shape index (κ3) is 3.91. The summed E-state index contributed by atoms with van der Waals surface area (Å²) in [7, 11) is -2.22. The van der Waals surface area contributed by atoms with E-state index in [2.05, 4.69) is 14.9 Å². The Labute approximate surface area is 119 Å². The van der Waals surface area contributed by atoms with E-state index >= 15 is 0 Å². The van der Waals surface area contributed by atoms with Crippen LogP contribution in [0.15, 0.2) is 0 Å². The lowest BCUT2D eigenvalue weighted by Gasteiger charge is -2.29. The summed E-state index contributed by atoms with van der Waals surface area (Å²) in [6, 6.07) is 0.202. The number of aliphatic hydroxyl groups is 1. The molecule has 20 heavy (non-hydrogen) atoms. The Morgan fingerprint density at radius 1 is 1.35 bits per heavy atom. The van der Waals surface area contributed by atoms with E-state index in [0.717, 1.165) is 32.2 Å². The van der Waals surface area contributed by atoms with Crippen LogP contribution in [-0.4, -0.2) is 68.4 Å². The first-order chi connectivity index (χ1) is 9.41. The van der Waals surface area contributed by atoms with Crippen molar-refractivity contribution in [1.82, 2.24) is 14.9 Å². The fourth-order valence-corrected chi connectivity index (χ4v) is 3.68. The van der Waals surface area contributed by atoms with Crippen LogP contribution in [0, 0.1) is 0 Å². The summed E-state index contributed by atoms with van der Waals surface area (Å²) in [4.78, 5) is 14.0. The molecule has 1 saturated heterocycles. The Morgan fingerprint density at radius 3 is 2.70 bits per heavy atom. The quantitative estimate of drug-likeness (QED) is 0.583. The van der Waals surface area contributed by atoms with Crippen LogP contribution < -0.4 is 10.0 Å². The van der Waals surface area contributed by atoms with Gasteiger partial charge in [-0.1, -0.05) is 0 Å². The summed E-state index contributed by atoms with van der Waals surface area (Å²) in [5.41, 5.74) is 0. The van der Waals surface area contributed by atoms with Crippen LogP contribution in [0.4, 0.5) is 0 Å². The molecule has 2 aliphatic rings. The number of carbonyl (C=O) groups is 1. The number of hydrogen-bond acceptors (Lipinski definition) is 5. The standard InChI is InChI=1S/C12H23N3O4S/c1-13-20(18,19)8-12(17)14-10-3-2-4-11(10)15-6-5-9(16)7-15/h9-11,13,16H,2-8H2,1H3,(H,14,17)/t9?,10-,11+/m1/s1. The van der Waals surface area contributed by atoms with Crippen molar-refractivity contribution < 1.29 is 18.3 Å². The second-order valence-corrected chi connectivity index (χ2v) is 7.50. The number of nitrogens with one attached hydrogen (secondary N) is 2. The normalized spacial score (nSPS) is 31.6. The number of carbonyl (C=O) groups excluding carboxylic acids is 1. The predicted molar refractivity (Wildman–Crippen MR) is 74.6 cm³/mol. The summed E-state index contributed by atoms with van der Waals surface area (Å²) >= 11 is 0. The molecule has 2 fully saturated rings. The monoisotopic (exact) mass is 305 g/mol. The minimum absolute atomic E-state index is 0.0140. The molecule has 1 aliphatic carbocycles. The lowest BCUT2D eigenvalue weighted by Crippen LogP contribution is -2.49. The highest BCUT2D eigenvalue weighted by atomic mass is 32.2. The molecule has 0 aromatic rings. The molecular weight excluding hydrogens is 282 g/mol. The molecule has 2 rings (SSSR count). The molecule has 1 heterocycles. The van der Waals surface area contributed by atoms with Crippen molar-refractivity contribution in [3.05, 3.63) is 0 Å². The first-order valence-electron chi connectivity index (χ1n) is 7.04. The predicted octanol–water partition coefficient (Wildman–Crippen LogP) is -1.36. The minimum atomic E-state index is -3.52. The molecule has 0 bridgehead atoms. The Morgan fingerprint density at radius 2 is 2.10 bits per heavy atom. The van der Waals surface area contributed by atoms with E-state index in [1.54, 1.807) is 0 Å². The van der Waals surface area contributed by atoms with Gasteiger partial charge in [-0.25, -0.2) is 13.1 Å². The Kier molecular flexibility index (Phi) is 5.00. The molecule has 7 nitrogen and oxygen atoms in total. The van der Waals surface area contributed by atoms with E-state index in [1.807, 2.05) is 0 Å². The average Bonchev–Trinajstić information content (AvgIpc) is 2.97. The highest BCUT2D eigenvalue weighted by molar-refractivity contribution is 7.90. The first-order valence-corrected chi connectivity index (χ1v) is 8.69. The van der Waals surface area contributed by atoms with Crippen molar-refractivity contribution in [2.45, 2.75) is 43.9 Å². The van der Waals surface area contributed by atoms with E-state index in [1.165, 1.54) is 7.05 Å². The third-order valence-corrected chi connectivity index (χ3v) is 5.39. The van der Waals surface area contributed by atoms with Gasteiger partial charge in [-0.3, -0.25) is 9.69 Å². The molecule has 116 valence electrons. The average molecular weight is 305 g/mol. The van der Waals surface area contributed by atoms with Crippen molar-refractivity contribution in [2.24, 2.45) is 0 Å². The van der Waals surface area contributed by atoms with Gasteiger partial charge in [0.05, 0.1) is 6.10 Å². The van der Waals surface area contributed by atoms with Gasteiger partial charge in [-0.05, 0) is 32.7 Å². The maximum atomic E-state index is 11.8. The Bertz CT molecular complexity index is 454. The van der Waals surface area contributed by atoms with Crippen molar-refractivity contribution in [1.29, 1.82) is 0 Å². The minimum Gasteiger partial charge on any atom is -0.392 e. The summed E-state index contributed by atoms with van der Waals surface area (Å²) in [5, 5.41) is 12.4. The van der Waals surface area contributed by atoms with Gasteiger partial charge in [-0.15, -0.1) is 0 Å². The van der Waals surface area contributed by atoms with Gasteiger partial charge in [0.25, 0.3) is 0 Å². The Balaban J connectivity index is 1.89. The number of hydrogen-bond donors (Lipinski definition) is 3. The van der Waals surface area contributed by atoms with Crippen molar-refractivity contribution >= 4 is 15.9 Å². The zero-order valence-electron chi connectivity index (χ0n) is 11.7. The van der Waals surface area contributed by atoms with Gasteiger partial charge in [0.1, 0.15) is 5.75 Å². The van der Waals surface area contributed by atoms with Crippen LogP contribution in [0.1, 0.15) is 25.7 Å². The van der Waals surface area contributed by atoms with Gasteiger partial charge >= 0.3 is 0 Å². The molecule has 8 heteroatoms. The van der Waals surface area contributed by atoms with Crippen molar-refractivity contribution in [2.75, 3.05) is 25.9 Å². The number of β-amino-alcohol motifs (C(OH)–C–C–N with tert-alkyl or cyclic N) is 1. The van der Waals surface area contributed by atoms with Gasteiger partial charge in [-0.2, -0.15) is 0 Å². The zero-order chi connectivity index (χ0) is 14.8.